The van der Waals surface area contributed by atoms with Crippen molar-refractivity contribution in [2.75, 3.05) is 11.5 Å². The van der Waals surface area contributed by atoms with Gasteiger partial charge in [-0.05, 0) is 57.1 Å². The van der Waals surface area contributed by atoms with Crippen LogP contribution in [0.3, 0.4) is 0 Å². The standard InChI is InChI=1S/C15H28N2OS/c1-11(2)17-15(14(16)18,13-7-8-13)10-19-9-12-5-3-4-6-12/h11-13,17H,3-10H2,1-2H3,(H2,16,18). The van der Waals surface area contributed by atoms with Gasteiger partial charge in [0, 0.05) is 11.8 Å². The van der Waals surface area contributed by atoms with E-state index in [9.17, 15) is 4.79 Å². The van der Waals surface area contributed by atoms with Crippen molar-refractivity contribution in [3.8, 4) is 0 Å². The number of hydrogen-bond donors (Lipinski definition) is 2. The molecule has 110 valence electrons. The zero-order chi connectivity index (χ0) is 13.9. The lowest BCUT2D eigenvalue weighted by Gasteiger charge is -2.34. The number of hydrogen-bond acceptors (Lipinski definition) is 3. The zero-order valence-corrected chi connectivity index (χ0v) is 13.1. The van der Waals surface area contributed by atoms with Crippen molar-refractivity contribution < 1.29 is 4.79 Å². The summed E-state index contributed by atoms with van der Waals surface area (Å²) in [6.07, 6.45) is 7.81. The van der Waals surface area contributed by atoms with Gasteiger partial charge in [-0.15, -0.1) is 0 Å². The summed E-state index contributed by atoms with van der Waals surface area (Å²) >= 11 is 1.93. The molecule has 3 N–H and O–H groups in total. The van der Waals surface area contributed by atoms with Gasteiger partial charge in [0.1, 0.15) is 5.54 Å². The largest absolute Gasteiger partial charge is 0.368 e. The highest BCUT2D eigenvalue weighted by Gasteiger charge is 2.49. The average Bonchev–Trinajstić information content (AvgIpc) is 3.06. The third-order valence-electron chi connectivity index (χ3n) is 4.42. The summed E-state index contributed by atoms with van der Waals surface area (Å²) in [5.74, 6) is 3.23. The highest BCUT2D eigenvalue weighted by atomic mass is 32.2. The first-order valence-corrected chi connectivity index (χ1v) is 8.85. The average molecular weight is 284 g/mol. The molecule has 2 rings (SSSR count). The molecule has 0 spiro atoms. The number of nitrogens with two attached hydrogens (primary N) is 1. The van der Waals surface area contributed by atoms with E-state index < -0.39 is 5.54 Å². The number of primary amides is 1. The molecule has 4 heteroatoms. The zero-order valence-electron chi connectivity index (χ0n) is 12.3. The highest BCUT2D eigenvalue weighted by molar-refractivity contribution is 7.99. The Morgan fingerprint density at radius 3 is 2.42 bits per heavy atom. The van der Waals surface area contributed by atoms with Gasteiger partial charge < -0.3 is 11.1 Å². The minimum absolute atomic E-state index is 0.150. The number of nitrogens with one attached hydrogen (secondary N) is 1. The molecule has 19 heavy (non-hydrogen) atoms. The van der Waals surface area contributed by atoms with Crippen molar-refractivity contribution in [1.82, 2.24) is 5.32 Å². The monoisotopic (exact) mass is 284 g/mol. The topological polar surface area (TPSA) is 55.1 Å². The summed E-state index contributed by atoms with van der Waals surface area (Å²) in [5, 5.41) is 3.48. The lowest BCUT2D eigenvalue weighted by atomic mass is 9.93. The number of carbonyl (C=O) groups excluding carboxylic acids is 1. The first-order valence-electron chi connectivity index (χ1n) is 7.70. The van der Waals surface area contributed by atoms with Gasteiger partial charge in [0.25, 0.3) is 0 Å². The molecule has 0 aliphatic heterocycles. The fourth-order valence-corrected chi connectivity index (χ4v) is 4.84. The fraction of sp³-hybridized carbons (Fsp3) is 0.933. The number of thioether (sulfide) groups is 1. The summed E-state index contributed by atoms with van der Waals surface area (Å²) in [5.41, 5.74) is 5.28. The van der Waals surface area contributed by atoms with Crippen LogP contribution in [0, 0.1) is 11.8 Å². The fourth-order valence-electron chi connectivity index (χ4n) is 3.28. The molecular formula is C15H28N2OS. The van der Waals surface area contributed by atoms with Gasteiger partial charge in [-0.1, -0.05) is 12.8 Å². The second kappa shape index (κ2) is 6.49. The first kappa shape index (κ1) is 15.2. The maximum absolute atomic E-state index is 12.0. The molecule has 0 aromatic heterocycles. The number of amides is 1. The lowest BCUT2D eigenvalue weighted by molar-refractivity contribution is -0.124. The van der Waals surface area contributed by atoms with E-state index in [1.54, 1.807) is 0 Å². The Balaban J connectivity index is 1.90. The van der Waals surface area contributed by atoms with Gasteiger partial charge in [0.15, 0.2) is 0 Å². The molecule has 0 aromatic rings. The predicted octanol–water partition coefficient (Wildman–Crippen LogP) is 2.54. The molecule has 1 unspecified atom stereocenters. The second-order valence-electron chi connectivity index (χ2n) is 6.57. The van der Waals surface area contributed by atoms with Crippen LogP contribution in [0.25, 0.3) is 0 Å². The molecule has 0 aromatic carbocycles. The smallest absolute Gasteiger partial charge is 0.238 e. The Morgan fingerprint density at radius 2 is 1.95 bits per heavy atom. The van der Waals surface area contributed by atoms with E-state index in [1.807, 2.05) is 11.8 Å². The first-order chi connectivity index (χ1) is 9.04. The number of carbonyl (C=O) groups is 1. The van der Waals surface area contributed by atoms with Crippen LogP contribution in [0.15, 0.2) is 0 Å². The molecule has 3 nitrogen and oxygen atoms in total. The van der Waals surface area contributed by atoms with Gasteiger partial charge in [-0.2, -0.15) is 11.8 Å². The Hall–Kier alpha value is -0.220. The van der Waals surface area contributed by atoms with E-state index in [0.717, 1.165) is 24.5 Å². The van der Waals surface area contributed by atoms with Crippen molar-refractivity contribution in [3.05, 3.63) is 0 Å². The summed E-state index contributed by atoms with van der Waals surface area (Å²) in [6.45, 7) is 4.20. The minimum Gasteiger partial charge on any atom is -0.368 e. The molecule has 2 saturated carbocycles. The molecule has 0 bridgehead atoms. The van der Waals surface area contributed by atoms with E-state index in [2.05, 4.69) is 19.2 Å². The number of rotatable bonds is 8. The van der Waals surface area contributed by atoms with E-state index >= 15 is 0 Å². The Morgan fingerprint density at radius 1 is 1.32 bits per heavy atom. The predicted molar refractivity (Wildman–Crippen MR) is 82.2 cm³/mol. The van der Waals surface area contributed by atoms with E-state index in [0.29, 0.717) is 12.0 Å². The Labute approximate surface area is 121 Å². The molecule has 0 radical (unpaired) electrons. The van der Waals surface area contributed by atoms with Crippen LogP contribution in [-0.2, 0) is 4.79 Å². The minimum atomic E-state index is -0.461. The van der Waals surface area contributed by atoms with Gasteiger partial charge in [0.2, 0.25) is 5.91 Å². The maximum atomic E-state index is 12.0. The third kappa shape index (κ3) is 3.88. The maximum Gasteiger partial charge on any atom is 0.238 e. The van der Waals surface area contributed by atoms with E-state index in [1.165, 1.54) is 31.4 Å². The van der Waals surface area contributed by atoms with Crippen LogP contribution in [0.1, 0.15) is 52.4 Å². The van der Waals surface area contributed by atoms with E-state index in [-0.39, 0.29) is 5.91 Å². The molecule has 0 heterocycles. The summed E-state index contributed by atoms with van der Waals surface area (Å²) in [6, 6.07) is 0.306. The van der Waals surface area contributed by atoms with Crippen LogP contribution >= 0.6 is 11.8 Å². The highest BCUT2D eigenvalue weighted by Crippen LogP contribution is 2.42. The SMILES string of the molecule is CC(C)NC(CSCC1CCCC1)(C(N)=O)C1CC1. The van der Waals surface area contributed by atoms with Crippen molar-refractivity contribution in [3.63, 3.8) is 0 Å². The van der Waals surface area contributed by atoms with Crippen LogP contribution in [0.5, 0.6) is 0 Å². The molecule has 2 fully saturated rings. The molecule has 1 amide bonds. The van der Waals surface area contributed by atoms with Crippen molar-refractivity contribution in [1.29, 1.82) is 0 Å². The molecule has 1 atom stereocenters. The summed E-state index contributed by atoms with van der Waals surface area (Å²) in [7, 11) is 0. The molecule has 2 aliphatic rings. The molecule has 2 aliphatic carbocycles. The van der Waals surface area contributed by atoms with Crippen LogP contribution < -0.4 is 11.1 Å². The van der Waals surface area contributed by atoms with E-state index in [4.69, 9.17) is 5.73 Å². The molecular weight excluding hydrogens is 256 g/mol. The van der Waals surface area contributed by atoms with Crippen LogP contribution in [0.2, 0.25) is 0 Å². The Kier molecular flexibility index (Phi) is 5.18. The quantitative estimate of drug-likeness (QED) is 0.720. The normalized spacial score (nSPS) is 23.7. The molecule has 0 saturated heterocycles. The lowest BCUT2D eigenvalue weighted by Crippen LogP contribution is -2.61. The second-order valence-corrected chi connectivity index (χ2v) is 7.60. The Bertz CT molecular complexity index is 311. The van der Waals surface area contributed by atoms with Gasteiger partial charge in [-0.3, -0.25) is 4.79 Å². The van der Waals surface area contributed by atoms with Crippen molar-refractivity contribution in [2.24, 2.45) is 17.6 Å². The van der Waals surface area contributed by atoms with Gasteiger partial charge >= 0.3 is 0 Å². The van der Waals surface area contributed by atoms with Crippen molar-refractivity contribution >= 4 is 17.7 Å². The third-order valence-corrected chi connectivity index (χ3v) is 5.78. The summed E-state index contributed by atoms with van der Waals surface area (Å²) in [4.78, 5) is 12.0. The van der Waals surface area contributed by atoms with Gasteiger partial charge in [0.05, 0.1) is 0 Å². The van der Waals surface area contributed by atoms with Crippen LogP contribution in [-0.4, -0.2) is 29.0 Å². The van der Waals surface area contributed by atoms with Crippen LogP contribution in [0.4, 0.5) is 0 Å². The van der Waals surface area contributed by atoms with Crippen molar-refractivity contribution in [2.45, 2.75) is 64.0 Å². The van der Waals surface area contributed by atoms with Gasteiger partial charge in [-0.25, -0.2) is 0 Å². The summed E-state index contributed by atoms with van der Waals surface area (Å²) < 4.78 is 0.